The SMILES string of the molecule is COc1ccc(C(=O)O/N=C/c2ccc([N+](=O)[O-])cc2)cc1. The molecular weight excluding hydrogens is 288 g/mol. The van der Waals surface area contributed by atoms with Gasteiger partial charge >= 0.3 is 5.97 Å². The zero-order valence-corrected chi connectivity index (χ0v) is 11.6. The van der Waals surface area contributed by atoms with Gasteiger partial charge in [0, 0.05) is 12.1 Å². The van der Waals surface area contributed by atoms with Gasteiger partial charge in [-0.25, -0.2) is 4.79 Å². The lowest BCUT2D eigenvalue weighted by molar-refractivity contribution is -0.384. The number of hydrogen-bond donors (Lipinski definition) is 0. The van der Waals surface area contributed by atoms with Gasteiger partial charge in [0.05, 0.1) is 23.8 Å². The van der Waals surface area contributed by atoms with Crippen LogP contribution in [-0.2, 0) is 4.84 Å². The fourth-order valence-corrected chi connectivity index (χ4v) is 1.60. The van der Waals surface area contributed by atoms with Crippen molar-refractivity contribution in [2.75, 3.05) is 7.11 Å². The van der Waals surface area contributed by atoms with Crippen LogP contribution in [0.15, 0.2) is 53.7 Å². The second-order valence-electron chi connectivity index (χ2n) is 4.19. The quantitative estimate of drug-likeness (QED) is 0.366. The van der Waals surface area contributed by atoms with Gasteiger partial charge in [0.1, 0.15) is 5.75 Å². The number of nitrogens with zero attached hydrogens (tertiary/aromatic N) is 2. The summed E-state index contributed by atoms with van der Waals surface area (Å²) in [7, 11) is 1.53. The van der Waals surface area contributed by atoms with Crippen molar-refractivity contribution in [3.8, 4) is 5.75 Å². The van der Waals surface area contributed by atoms with Gasteiger partial charge in [0.25, 0.3) is 5.69 Å². The van der Waals surface area contributed by atoms with E-state index in [1.165, 1.54) is 37.6 Å². The van der Waals surface area contributed by atoms with E-state index < -0.39 is 10.9 Å². The minimum Gasteiger partial charge on any atom is -0.497 e. The van der Waals surface area contributed by atoms with Gasteiger partial charge in [-0.05, 0) is 42.0 Å². The van der Waals surface area contributed by atoms with Gasteiger partial charge in [-0.3, -0.25) is 10.1 Å². The summed E-state index contributed by atoms with van der Waals surface area (Å²) in [5.74, 6) is 0.0201. The zero-order chi connectivity index (χ0) is 15.9. The van der Waals surface area contributed by atoms with Crippen LogP contribution < -0.4 is 4.74 Å². The van der Waals surface area contributed by atoms with E-state index in [4.69, 9.17) is 9.57 Å². The van der Waals surface area contributed by atoms with Crippen LogP contribution >= 0.6 is 0 Å². The Labute approximate surface area is 125 Å². The lowest BCUT2D eigenvalue weighted by Crippen LogP contribution is -2.01. The maximum Gasteiger partial charge on any atom is 0.365 e. The molecule has 0 bridgehead atoms. The summed E-state index contributed by atoms with van der Waals surface area (Å²) in [6.45, 7) is 0. The molecule has 0 atom stereocenters. The fraction of sp³-hybridized carbons (Fsp3) is 0.0667. The Kier molecular flexibility index (Phi) is 4.81. The molecule has 2 aromatic carbocycles. The Morgan fingerprint density at radius 3 is 2.32 bits per heavy atom. The van der Waals surface area contributed by atoms with E-state index in [1.807, 2.05) is 0 Å². The average Bonchev–Trinajstić information content (AvgIpc) is 2.55. The minimum atomic E-state index is -0.610. The first-order chi connectivity index (χ1) is 10.6. The molecule has 7 heteroatoms. The number of rotatable bonds is 5. The number of methoxy groups -OCH3 is 1. The predicted octanol–water partition coefficient (Wildman–Crippen LogP) is 2.79. The molecule has 0 aromatic heterocycles. The smallest absolute Gasteiger partial charge is 0.365 e. The molecule has 0 heterocycles. The van der Waals surface area contributed by atoms with Gasteiger partial charge in [0.2, 0.25) is 0 Å². The number of oxime groups is 1. The predicted molar refractivity (Wildman–Crippen MR) is 79.1 cm³/mol. The maximum absolute atomic E-state index is 11.7. The molecule has 2 rings (SSSR count). The van der Waals surface area contributed by atoms with Gasteiger partial charge < -0.3 is 9.57 Å². The standard InChI is InChI=1S/C15H12N2O5/c1-21-14-8-4-12(5-9-14)15(18)22-16-10-11-2-6-13(7-3-11)17(19)20/h2-10H,1H3/b16-10+. The van der Waals surface area contributed by atoms with E-state index in [2.05, 4.69) is 5.16 Å². The van der Waals surface area contributed by atoms with E-state index in [0.717, 1.165) is 0 Å². The van der Waals surface area contributed by atoms with Crippen LogP contribution in [0.2, 0.25) is 0 Å². The van der Waals surface area contributed by atoms with Crippen molar-refractivity contribution in [1.29, 1.82) is 0 Å². The van der Waals surface area contributed by atoms with Crippen LogP contribution in [0.5, 0.6) is 5.75 Å². The Morgan fingerprint density at radius 1 is 1.14 bits per heavy atom. The molecule has 112 valence electrons. The fourth-order valence-electron chi connectivity index (χ4n) is 1.60. The first kappa shape index (κ1) is 15.2. The molecule has 0 aliphatic carbocycles. The molecule has 0 amide bonds. The van der Waals surface area contributed by atoms with Crippen LogP contribution in [0.3, 0.4) is 0 Å². The van der Waals surface area contributed by atoms with E-state index in [-0.39, 0.29) is 5.69 Å². The van der Waals surface area contributed by atoms with E-state index in [1.54, 1.807) is 24.3 Å². The third kappa shape index (κ3) is 3.89. The molecule has 0 aliphatic rings. The lowest BCUT2D eigenvalue weighted by Gasteiger charge is -2.00. The molecule has 0 spiro atoms. The average molecular weight is 300 g/mol. The number of carbonyl (C=O) groups is 1. The van der Waals surface area contributed by atoms with Crippen molar-refractivity contribution in [3.05, 3.63) is 69.8 Å². The van der Waals surface area contributed by atoms with Crippen LogP contribution in [0.1, 0.15) is 15.9 Å². The molecule has 0 aliphatic heterocycles. The summed E-state index contributed by atoms with van der Waals surface area (Å²) in [5, 5.41) is 14.1. The molecule has 2 aromatic rings. The van der Waals surface area contributed by atoms with Crippen molar-refractivity contribution < 1.29 is 19.3 Å². The largest absolute Gasteiger partial charge is 0.497 e. The molecule has 7 nitrogen and oxygen atoms in total. The number of benzene rings is 2. The first-order valence-electron chi connectivity index (χ1n) is 6.23. The molecule has 0 radical (unpaired) electrons. The summed E-state index contributed by atoms with van der Waals surface area (Å²) in [6.07, 6.45) is 1.30. The van der Waals surface area contributed by atoms with Gasteiger partial charge in [-0.1, -0.05) is 5.16 Å². The number of carbonyl (C=O) groups excluding carboxylic acids is 1. The number of nitro benzene ring substituents is 1. The lowest BCUT2D eigenvalue weighted by atomic mass is 10.2. The Morgan fingerprint density at radius 2 is 1.77 bits per heavy atom. The number of non-ortho nitro benzene ring substituents is 1. The number of nitro groups is 1. The normalized spacial score (nSPS) is 10.4. The van der Waals surface area contributed by atoms with E-state index >= 15 is 0 Å². The van der Waals surface area contributed by atoms with Crippen molar-refractivity contribution in [3.63, 3.8) is 0 Å². The summed E-state index contributed by atoms with van der Waals surface area (Å²) in [4.78, 5) is 26.5. The summed E-state index contributed by atoms with van der Waals surface area (Å²) < 4.78 is 4.98. The number of ether oxygens (including phenoxy) is 1. The van der Waals surface area contributed by atoms with Gasteiger partial charge in [-0.2, -0.15) is 0 Å². The molecule has 22 heavy (non-hydrogen) atoms. The minimum absolute atomic E-state index is 0.0209. The molecule has 0 unspecified atom stereocenters. The summed E-state index contributed by atoms with van der Waals surface area (Å²) >= 11 is 0. The topological polar surface area (TPSA) is 91.0 Å². The highest BCUT2D eigenvalue weighted by Crippen LogP contribution is 2.13. The van der Waals surface area contributed by atoms with Crippen molar-refractivity contribution in [2.24, 2.45) is 5.16 Å². The van der Waals surface area contributed by atoms with Crippen LogP contribution in [0, 0.1) is 10.1 Å². The number of hydrogen-bond acceptors (Lipinski definition) is 6. The summed E-state index contributed by atoms with van der Waals surface area (Å²) in [6, 6.07) is 12.1. The molecule has 0 saturated carbocycles. The Balaban J connectivity index is 1.96. The van der Waals surface area contributed by atoms with E-state index in [9.17, 15) is 14.9 Å². The van der Waals surface area contributed by atoms with Crippen LogP contribution in [0.25, 0.3) is 0 Å². The molecule has 0 fully saturated rings. The first-order valence-corrected chi connectivity index (χ1v) is 6.23. The van der Waals surface area contributed by atoms with Crippen LogP contribution in [0.4, 0.5) is 5.69 Å². The Bertz CT molecular complexity index is 693. The van der Waals surface area contributed by atoms with Crippen LogP contribution in [-0.4, -0.2) is 24.2 Å². The van der Waals surface area contributed by atoms with Gasteiger partial charge in [-0.15, -0.1) is 0 Å². The third-order valence-corrected chi connectivity index (χ3v) is 2.77. The molecule has 0 saturated heterocycles. The molecule has 0 N–H and O–H groups in total. The third-order valence-electron chi connectivity index (χ3n) is 2.77. The zero-order valence-electron chi connectivity index (χ0n) is 11.6. The summed E-state index contributed by atoms with van der Waals surface area (Å²) in [5.41, 5.74) is 0.891. The highest BCUT2D eigenvalue weighted by Gasteiger charge is 2.07. The maximum atomic E-state index is 11.7. The van der Waals surface area contributed by atoms with Crippen molar-refractivity contribution >= 4 is 17.9 Å². The monoisotopic (exact) mass is 300 g/mol. The van der Waals surface area contributed by atoms with E-state index in [0.29, 0.717) is 16.9 Å². The highest BCUT2D eigenvalue weighted by molar-refractivity contribution is 5.90. The highest BCUT2D eigenvalue weighted by atomic mass is 16.7. The molecular formula is C15H12N2O5. The van der Waals surface area contributed by atoms with Gasteiger partial charge in [0.15, 0.2) is 0 Å². The van der Waals surface area contributed by atoms with Crippen molar-refractivity contribution in [1.82, 2.24) is 0 Å². The second-order valence-corrected chi connectivity index (χ2v) is 4.19. The Hall–Kier alpha value is -3.22. The second kappa shape index (κ2) is 6.98. The van der Waals surface area contributed by atoms with Crippen molar-refractivity contribution in [2.45, 2.75) is 0 Å².